The molecule has 2 aromatic heterocycles. The fourth-order valence-corrected chi connectivity index (χ4v) is 3.23. The highest BCUT2D eigenvalue weighted by Crippen LogP contribution is 2.22. The largest absolute Gasteiger partial charge is 0.467 e. The van der Waals surface area contributed by atoms with Crippen molar-refractivity contribution in [2.45, 2.75) is 31.5 Å². The summed E-state index contributed by atoms with van der Waals surface area (Å²) in [6, 6.07) is 13.6. The van der Waals surface area contributed by atoms with Gasteiger partial charge >= 0.3 is 0 Å². The predicted octanol–water partition coefficient (Wildman–Crippen LogP) is 3.73. The molecule has 0 aliphatic rings. The van der Waals surface area contributed by atoms with Crippen LogP contribution in [0.2, 0.25) is 0 Å². The maximum absolute atomic E-state index is 12.3. The molecule has 0 saturated carbocycles. The van der Waals surface area contributed by atoms with E-state index in [4.69, 9.17) is 4.42 Å². The lowest BCUT2D eigenvalue weighted by Gasteiger charge is -2.14. The summed E-state index contributed by atoms with van der Waals surface area (Å²) >= 11 is 1.35. The molecule has 0 fully saturated rings. The van der Waals surface area contributed by atoms with Crippen molar-refractivity contribution >= 4 is 17.7 Å². The van der Waals surface area contributed by atoms with Gasteiger partial charge < -0.3 is 9.32 Å². The molecule has 0 spiro atoms. The van der Waals surface area contributed by atoms with Crippen LogP contribution in [-0.2, 0) is 11.3 Å². The SMILES string of the molecule is CC(C)c1nc(SCC(=O)N(C)Cc2ccco2)nn1-c1ccccc1. The number of thioether (sulfide) groups is 1. The fourth-order valence-electron chi connectivity index (χ4n) is 2.46. The van der Waals surface area contributed by atoms with Crippen LogP contribution in [0, 0.1) is 0 Å². The smallest absolute Gasteiger partial charge is 0.233 e. The first-order valence-electron chi connectivity index (χ1n) is 8.46. The molecule has 136 valence electrons. The van der Waals surface area contributed by atoms with Crippen LogP contribution >= 0.6 is 11.8 Å². The Labute approximate surface area is 157 Å². The molecule has 0 radical (unpaired) electrons. The van der Waals surface area contributed by atoms with Gasteiger partial charge in [-0.15, -0.1) is 5.10 Å². The molecule has 0 saturated heterocycles. The van der Waals surface area contributed by atoms with Crippen LogP contribution < -0.4 is 0 Å². The van der Waals surface area contributed by atoms with E-state index in [0.29, 0.717) is 11.7 Å². The third-order valence-corrected chi connectivity index (χ3v) is 4.68. The van der Waals surface area contributed by atoms with Crippen molar-refractivity contribution < 1.29 is 9.21 Å². The van der Waals surface area contributed by atoms with E-state index in [1.807, 2.05) is 47.1 Å². The summed E-state index contributed by atoms with van der Waals surface area (Å²) in [5.74, 6) is 2.17. The zero-order chi connectivity index (χ0) is 18.5. The number of amides is 1. The number of carbonyl (C=O) groups is 1. The highest BCUT2D eigenvalue weighted by atomic mass is 32.2. The fraction of sp³-hybridized carbons (Fsp3) is 0.316. The normalized spacial score (nSPS) is 11.1. The van der Waals surface area contributed by atoms with Crippen molar-refractivity contribution in [2.75, 3.05) is 12.8 Å². The topological polar surface area (TPSA) is 64.2 Å². The molecule has 6 nitrogen and oxygen atoms in total. The Bertz CT molecular complexity index is 844. The van der Waals surface area contributed by atoms with Crippen LogP contribution in [0.15, 0.2) is 58.3 Å². The van der Waals surface area contributed by atoms with Crippen molar-refractivity contribution in [1.82, 2.24) is 19.7 Å². The van der Waals surface area contributed by atoms with Crippen molar-refractivity contribution in [3.8, 4) is 5.69 Å². The monoisotopic (exact) mass is 370 g/mol. The summed E-state index contributed by atoms with van der Waals surface area (Å²) in [7, 11) is 1.76. The minimum atomic E-state index is 0.00792. The summed E-state index contributed by atoms with van der Waals surface area (Å²) in [6.45, 7) is 4.62. The Hall–Kier alpha value is -2.54. The molecule has 0 N–H and O–H groups in total. The number of hydrogen-bond donors (Lipinski definition) is 0. The Morgan fingerprint density at radius 1 is 1.23 bits per heavy atom. The number of aromatic nitrogens is 3. The van der Waals surface area contributed by atoms with Gasteiger partial charge in [-0.1, -0.05) is 43.8 Å². The molecule has 2 heterocycles. The van der Waals surface area contributed by atoms with E-state index < -0.39 is 0 Å². The Morgan fingerprint density at radius 3 is 2.65 bits per heavy atom. The summed E-state index contributed by atoms with van der Waals surface area (Å²) in [6.07, 6.45) is 1.61. The minimum absolute atomic E-state index is 0.00792. The van der Waals surface area contributed by atoms with E-state index in [0.717, 1.165) is 17.3 Å². The van der Waals surface area contributed by atoms with Gasteiger partial charge in [0.2, 0.25) is 11.1 Å². The molecule has 1 amide bonds. The molecule has 0 unspecified atom stereocenters. The number of carbonyl (C=O) groups excluding carboxylic acids is 1. The lowest BCUT2D eigenvalue weighted by molar-refractivity contribution is -0.127. The van der Waals surface area contributed by atoms with Crippen LogP contribution in [-0.4, -0.2) is 38.4 Å². The third-order valence-electron chi connectivity index (χ3n) is 3.85. The number of benzene rings is 1. The van der Waals surface area contributed by atoms with E-state index in [9.17, 15) is 4.79 Å². The van der Waals surface area contributed by atoms with Crippen LogP contribution in [0.4, 0.5) is 0 Å². The van der Waals surface area contributed by atoms with Crippen LogP contribution in [0.3, 0.4) is 0 Å². The molecule has 0 atom stereocenters. The zero-order valence-electron chi connectivity index (χ0n) is 15.1. The summed E-state index contributed by atoms with van der Waals surface area (Å²) in [5.41, 5.74) is 0.969. The van der Waals surface area contributed by atoms with Crippen molar-refractivity contribution in [1.29, 1.82) is 0 Å². The summed E-state index contributed by atoms with van der Waals surface area (Å²) < 4.78 is 7.13. The Kier molecular flexibility index (Phi) is 5.78. The first-order chi connectivity index (χ1) is 12.5. The van der Waals surface area contributed by atoms with Crippen LogP contribution in [0.5, 0.6) is 0 Å². The molecule has 26 heavy (non-hydrogen) atoms. The van der Waals surface area contributed by atoms with Gasteiger partial charge in [-0.05, 0) is 24.3 Å². The molecule has 7 heteroatoms. The van der Waals surface area contributed by atoms with E-state index in [-0.39, 0.29) is 17.6 Å². The van der Waals surface area contributed by atoms with Gasteiger partial charge in [0.25, 0.3) is 0 Å². The van der Waals surface area contributed by atoms with E-state index in [1.165, 1.54) is 11.8 Å². The minimum Gasteiger partial charge on any atom is -0.467 e. The first-order valence-corrected chi connectivity index (χ1v) is 9.44. The van der Waals surface area contributed by atoms with E-state index in [1.54, 1.807) is 18.2 Å². The lowest BCUT2D eigenvalue weighted by atomic mass is 10.2. The maximum atomic E-state index is 12.3. The first kappa shape index (κ1) is 18.3. The third kappa shape index (κ3) is 4.35. The van der Waals surface area contributed by atoms with Gasteiger partial charge in [-0.2, -0.15) is 0 Å². The van der Waals surface area contributed by atoms with Gasteiger partial charge in [0.1, 0.15) is 11.6 Å². The van der Waals surface area contributed by atoms with E-state index in [2.05, 4.69) is 23.9 Å². The summed E-state index contributed by atoms with van der Waals surface area (Å²) in [4.78, 5) is 18.6. The van der Waals surface area contributed by atoms with Gasteiger partial charge in [-0.3, -0.25) is 4.79 Å². The van der Waals surface area contributed by atoms with Crippen molar-refractivity contribution in [2.24, 2.45) is 0 Å². The lowest BCUT2D eigenvalue weighted by Crippen LogP contribution is -2.27. The van der Waals surface area contributed by atoms with Gasteiger partial charge in [0.05, 0.1) is 24.2 Å². The molecular formula is C19H22N4O2S. The van der Waals surface area contributed by atoms with Crippen LogP contribution in [0.25, 0.3) is 5.69 Å². The molecular weight excluding hydrogens is 348 g/mol. The second kappa shape index (κ2) is 8.23. The molecule has 1 aromatic carbocycles. The number of nitrogens with zero attached hydrogens (tertiary/aromatic N) is 4. The zero-order valence-corrected chi connectivity index (χ0v) is 15.9. The summed E-state index contributed by atoms with van der Waals surface area (Å²) in [5, 5.41) is 5.20. The molecule has 0 aliphatic carbocycles. The molecule has 3 rings (SSSR count). The molecule has 3 aromatic rings. The van der Waals surface area contributed by atoms with Gasteiger partial charge in [0.15, 0.2) is 0 Å². The Morgan fingerprint density at radius 2 is 2.00 bits per heavy atom. The highest BCUT2D eigenvalue weighted by molar-refractivity contribution is 7.99. The maximum Gasteiger partial charge on any atom is 0.233 e. The highest BCUT2D eigenvalue weighted by Gasteiger charge is 2.17. The number of hydrogen-bond acceptors (Lipinski definition) is 5. The number of para-hydroxylation sites is 1. The average Bonchev–Trinajstić information content (AvgIpc) is 3.30. The second-order valence-corrected chi connectivity index (χ2v) is 7.21. The van der Waals surface area contributed by atoms with Gasteiger partial charge in [-0.25, -0.2) is 9.67 Å². The Balaban J connectivity index is 1.67. The average molecular weight is 370 g/mol. The van der Waals surface area contributed by atoms with Crippen molar-refractivity contribution in [3.05, 3.63) is 60.3 Å². The van der Waals surface area contributed by atoms with Gasteiger partial charge in [0, 0.05) is 13.0 Å². The number of rotatable bonds is 7. The van der Waals surface area contributed by atoms with Crippen LogP contribution in [0.1, 0.15) is 31.4 Å². The standard InChI is InChI=1S/C19H22N4O2S/c1-14(2)18-20-19(21-23(18)15-8-5-4-6-9-15)26-13-17(24)22(3)12-16-10-7-11-25-16/h4-11,14H,12-13H2,1-3H3. The molecule has 0 bridgehead atoms. The predicted molar refractivity (Wildman–Crippen MR) is 101 cm³/mol. The van der Waals surface area contributed by atoms with Crippen molar-refractivity contribution in [3.63, 3.8) is 0 Å². The number of furan rings is 1. The molecule has 0 aliphatic heterocycles. The second-order valence-electron chi connectivity index (χ2n) is 6.27. The van der Waals surface area contributed by atoms with E-state index >= 15 is 0 Å². The quantitative estimate of drug-likeness (QED) is 0.593.